The molecular weight excluding hydrogens is 244 g/mol. The molecular formula is C11H19ClN2OS. The van der Waals surface area contributed by atoms with E-state index in [1.165, 1.54) is 0 Å². The molecule has 0 unspecified atom stereocenters. The normalized spacial score (nSPS) is 9.81. The number of rotatable bonds is 8. The van der Waals surface area contributed by atoms with E-state index >= 15 is 0 Å². The highest BCUT2D eigenvalue weighted by atomic mass is 35.5. The molecule has 2 N–H and O–H groups in total. The summed E-state index contributed by atoms with van der Waals surface area (Å²) in [6, 6.07) is 5.94. The lowest BCUT2D eigenvalue weighted by Gasteiger charge is -2.03. The van der Waals surface area contributed by atoms with Crippen molar-refractivity contribution < 1.29 is 5.11 Å². The van der Waals surface area contributed by atoms with E-state index in [1.54, 1.807) is 0 Å². The first-order valence-electron chi connectivity index (χ1n) is 5.22. The number of nitrogens with zero attached hydrogens (tertiary/aromatic N) is 1. The summed E-state index contributed by atoms with van der Waals surface area (Å²) in [5.41, 5.74) is 1.08. The largest absolute Gasteiger partial charge is 0.396 e. The quantitative estimate of drug-likeness (QED) is 0.700. The lowest BCUT2D eigenvalue weighted by atomic mass is 10.3. The first-order valence-corrected chi connectivity index (χ1v) is 6.38. The Morgan fingerprint density at radius 1 is 1.31 bits per heavy atom. The molecule has 1 rings (SSSR count). The molecule has 5 heteroatoms. The van der Waals surface area contributed by atoms with E-state index in [0.29, 0.717) is 6.61 Å². The van der Waals surface area contributed by atoms with Gasteiger partial charge in [0.15, 0.2) is 0 Å². The van der Waals surface area contributed by atoms with E-state index in [0.717, 1.165) is 36.7 Å². The fraction of sp³-hybridized carbons (Fsp3) is 0.545. The van der Waals surface area contributed by atoms with Crippen LogP contribution >= 0.6 is 24.2 Å². The molecule has 0 amide bonds. The van der Waals surface area contributed by atoms with Gasteiger partial charge in [0.2, 0.25) is 0 Å². The maximum absolute atomic E-state index is 8.58. The highest BCUT2D eigenvalue weighted by Gasteiger charge is 1.92. The molecule has 0 atom stereocenters. The smallest absolute Gasteiger partial charge is 0.0541 e. The number of aromatic nitrogens is 1. The van der Waals surface area contributed by atoms with E-state index in [2.05, 4.69) is 10.3 Å². The van der Waals surface area contributed by atoms with Crippen LogP contribution in [-0.4, -0.2) is 34.7 Å². The van der Waals surface area contributed by atoms with Gasteiger partial charge in [-0.05, 0) is 24.3 Å². The molecule has 0 aliphatic rings. The molecule has 92 valence electrons. The van der Waals surface area contributed by atoms with E-state index in [1.807, 2.05) is 36.2 Å². The summed E-state index contributed by atoms with van der Waals surface area (Å²) in [6.45, 7) is 2.13. The third kappa shape index (κ3) is 7.93. The van der Waals surface area contributed by atoms with Crippen LogP contribution in [0.3, 0.4) is 0 Å². The van der Waals surface area contributed by atoms with Gasteiger partial charge in [-0.2, -0.15) is 11.8 Å². The molecule has 1 aromatic rings. The first-order chi connectivity index (χ1) is 7.43. The number of hydrogen-bond acceptors (Lipinski definition) is 4. The summed E-state index contributed by atoms with van der Waals surface area (Å²) in [5, 5.41) is 11.9. The average Bonchev–Trinajstić information content (AvgIpc) is 2.29. The van der Waals surface area contributed by atoms with E-state index in [-0.39, 0.29) is 12.4 Å². The topological polar surface area (TPSA) is 45.1 Å². The van der Waals surface area contributed by atoms with Crippen LogP contribution < -0.4 is 5.32 Å². The van der Waals surface area contributed by atoms with Crippen LogP contribution in [0.1, 0.15) is 12.1 Å². The molecule has 0 aliphatic carbocycles. The standard InChI is InChI=1S/C11H18N2OS.ClH/c14-7-3-8-15-9-6-12-10-11-4-1-2-5-13-11;/h1-2,4-5,12,14H,3,6-10H2;1H. The Morgan fingerprint density at radius 2 is 2.19 bits per heavy atom. The lowest BCUT2D eigenvalue weighted by Crippen LogP contribution is -2.17. The van der Waals surface area contributed by atoms with Crippen molar-refractivity contribution in [1.82, 2.24) is 10.3 Å². The predicted octanol–water partition coefficient (Wildman–Crippen LogP) is 1.71. The molecule has 3 nitrogen and oxygen atoms in total. The number of halogens is 1. The van der Waals surface area contributed by atoms with Gasteiger partial charge in [0.25, 0.3) is 0 Å². The number of hydrogen-bond donors (Lipinski definition) is 2. The van der Waals surface area contributed by atoms with Crippen molar-refractivity contribution in [2.75, 3.05) is 24.7 Å². The number of aliphatic hydroxyl groups is 1. The summed E-state index contributed by atoms with van der Waals surface area (Å²) in [7, 11) is 0. The molecule has 0 fully saturated rings. The fourth-order valence-corrected chi connectivity index (χ4v) is 1.96. The minimum absolute atomic E-state index is 0. The maximum atomic E-state index is 8.58. The van der Waals surface area contributed by atoms with Crippen LogP contribution in [0.5, 0.6) is 0 Å². The molecule has 1 aromatic heterocycles. The van der Waals surface area contributed by atoms with Crippen molar-refractivity contribution in [3.05, 3.63) is 30.1 Å². The second-order valence-corrected chi connectivity index (χ2v) is 4.41. The number of thioether (sulfide) groups is 1. The summed E-state index contributed by atoms with van der Waals surface area (Å²) < 4.78 is 0. The van der Waals surface area contributed by atoms with Gasteiger partial charge >= 0.3 is 0 Å². The third-order valence-electron chi connectivity index (χ3n) is 1.90. The fourth-order valence-electron chi connectivity index (χ4n) is 1.13. The van der Waals surface area contributed by atoms with Crippen LogP contribution in [0.15, 0.2) is 24.4 Å². The van der Waals surface area contributed by atoms with Gasteiger partial charge in [0.05, 0.1) is 5.69 Å². The minimum atomic E-state index is 0. The molecule has 0 saturated heterocycles. The zero-order valence-electron chi connectivity index (χ0n) is 9.26. The van der Waals surface area contributed by atoms with Crippen LogP contribution in [0.4, 0.5) is 0 Å². The summed E-state index contributed by atoms with van der Waals surface area (Å²) >= 11 is 1.87. The van der Waals surface area contributed by atoms with Crippen molar-refractivity contribution in [1.29, 1.82) is 0 Å². The molecule has 0 bridgehead atoms. The number of nitrogens with one attached hydrogen (secondary N) is 1. The van der Waals surface area contributed by atoms with Crippen LogP contribution in [-0.2, 0) is 6.54 Å². The maximum Gasteiger partial charge on any atom is 0.0541 e. The highest BCUT2D eigenvalue weighted by Crippen LogP contribution is 2.00. The highest BCUT2D eigenvalue weighted by molar-refractivity contribution is 7.99. The molecule has 0 spiro atoms. The van der Waals surface area contributed by atoms with E-state index in [9.17, 15) is 0 Å². The molecule has 0 saturated carbocycles. The van der Waals surface area contributed by atoms with Gasteiger partial charge in [-0.3, -0.25) is 4.98 Å². The first kappa shape index (κ1) is 15.7. The SMILES string of the molecule is Cl.OCCCSCCNCc1ccccn1. The number of pyridine rings is 1. The zero-order chi connectivity index (χ0) is 10.8. The van der Waals surface area contributed by atoms with Gasteiger partial charge in [-0.25, -0.2) is 0 Å². The summed E-state index contributed by atoms with van der Waals surface area (Å²) in [6.07, 6.45) is 2.71. The van der Waals surface area contributed by atoms with Gasteiger partial charge in [0.1, 0.15) is 0 Å². The van der Waals surface area contributed by atoms with E-state index in [4.69, 9.17) is 5.11 Å². The minimum Gasteiger partial charge on any atom is -0.396 e. The molecule has 1 heterocycles. The van der Waals surface area contributed by atoms with Crippen molar-refractivity contribution in [2.45, 2.75) is 13.0 Å². The van der Waals surface area contributed by atoms with Crippen molar-refractivity contribution in [2.24, 2.45) is 0 Å². The Labute approximate surface area is 107 Å². The van der Waals surface area contributed by atoms with Gasteiger partial charge in [-0.15, -0.1) is 12.4 Å². The third-order valence-corrected chi connectivity index (χ3v) is 2.97. The van der Waals surface area contributed by atoms with Gasteiger partial charge in [-0.1, -0.05) is 6.07 Å². The Morgan fingerprint density at radius 3 is 2.88 bits per heavy atom. The van der Waals surface area contributed by atoms with Crippen molar-refractivity contribution in [3.63, 3.8) is 0 Å². The second kappa shape index (κ2) is 11.2. The zero-order valence-corrected chi connectivity index (χ0v) is 10.9. The van der Waals surface area contributed by atoms with Crippen molar-refractivity contribution in [3.8, 4) is 0 Å². The van der Waals surface area contributed by atoms with Gasteiger partial charge in [0, 0.05) is 31.6 Å². The number of aliphatic hydroxyl groups excluding tert-OH is 1. The Hall–Kier alpha value is -0.290. The monoisotopic (exact) mass is 262 g/mol. The second-order valence-electron chi connectivity index (χ2n) is 3.19. The Bertz CT molecular complexity index is 249. The summed E-state index contributed by atoms with van der Waals surface area (Å²) in [4.78, 5) is 4.22. The lowest BCUT2D eigenvalue weighted by molar-refractivity contribution is 0.296. The summed E-state index contributed by atoms with van der Waals surface area (Å²) in [5.74, 6) is 2.13. The predicted molar refractivity (Wildman–Crippen MR) is 72.2 cm³/mol. The Balaban J connectivity index is 0.00000225. The van der Waals surface area contributed by atoms with Crippen LogP contribution in [0.2, 0.25) is 0 Å². The van der Waals surface area contributed by atoms with E-state index < -0.39 is 0 Å². The Kier molecular flexibility index (Phi) is 11.0. The van der Waals surface area contributed by atoms with Crippen LogP contribution in [0, 0.1) is 0 Å². The average molecular weight is 263 g/mol. The molecule has 0 aliphatic heterocycles. The molecule has 16 heavy (non-hydrogen) atoms. The van der Waals surface area contributed by atoms with Gasteiger partial charge < -0.3 is 10.4 Å². The molecule has 0 radical (unpaired) electrons. The van der Waals surface area contributed by atoms with Crippen LogP contribution in [0.25, 0.3) is 0 Å². The van der Waals surface area contributed by atoms with Crippen molar-refractivity contribution >= 4 is 24.2 Å². The molecule has 0 aromatic carbocycles.